The van der Waals surface area contributed by atoms with Crippen LogP contribution in [0.3, 0.4) is 0 Å². The number of hydrogen-bond donors (Lipinski definition) is 1. The van der Waals surface area contributed by atoms with E-state index in [-0.39, 0.29) is 5.91 Å². The summed E-state index contributed by atoms with van der Waals surface area (Å²) in [5.41, 5.74) is 4.85. The fraction of sp³-hybridized carbons (Fsp3) is 0.389. The van der Waals surface area contributed by atoms with Crippen molar-refractivity contribution >= 4 is 11.6 Å². The van der Waals surface area contributed by atoms with E-state index in [4.69, 9.17) is 0 Å². The third-order valence-corrected chi connectivity index (χ3v) is 4.66. The Kier molecular flexibility index (Phi) is 3.80. The molecule has 1 N–H and O–H groups in total. The predicted octanol–water partition coefficient (Wildman–Crippen LogP) is 1.92. The summed E-state index contributed by atoms with van der Waals surface area (Å²) in [5.74, 6) is -0.0717. The Labute approximate surface area is 140 Å². The highest BCUT2D eigenvalue weighted by Crippen LogP contribution is 2.23. The molecule has 0 atom stereocenters. The van der Waals surface area contributed by atoms with Gasteiger partial charge in [0.05, 0.1) is 5.69 Å². The smallest absolute Gasteiger partial charge is 0.272 e. The van der Waals surface area contributed by atoms with Gasteiger partial charge in [-0.15, -0.1) is 0 Å². The Bertz CT molecular complexity index is 859. The molecule has 1 amide bonds. The van der Waals surface area contributed by atoms with Crippen molar-refractivity contribution in [3.05, 3.63) is 53.2 Å². The number of imidazole rings is 1. The van der Waals surface area contributed by atoms with Crippen LogP contribution in [-0.2, 0) is 26.3 Å². The molecule has 0 unspecified atom stereocenters. The summed E-state index contributed by atoms with van der Waals surface area (Å²) < 4.78 is 3.86. The van der Waals surface area contributed by atoms with Gasteiger partial charge in [-0.1, -0.05) is 6.07 Å². The zero-order chi connectivity index (χ0) is 16.5. The van der Waals surface area contributed by atoms with Gasteiger partial charge in [-0.05, 0) is 37.8 Å². The van der Waals surface area contributed by atoms with Crippen LogP contribution in [0.25, 0.3) is 5.65 Å². The van der Waals surface area contributed by atoms with E-state index in [1.165, 1.54) is 12.1 Å². The minimum absolute atomic E-state index is 0.0717. The molecule has 0 spiro atoms. The van der Waals surface area contributed by atoms with E-state index >= 15 is 0 Å². The summed E-state index contributed by atoms with van der Waals surface area (Å²) in [7, 11) is 1.93. The Hall–Kier alpha value is -2.63. The molecule has 1 aliphatic rings. The average Bonchev–Trinajstić information content (AvgIpc) is 3.16. The van der Waals surface area contributed by atoms with Crippen LogP contribution in [0.15, 0.2) is 30.6 Å². The quantitative estimate of drug-likeness (QED) is 0.798. The topological polar surface area (TPSA) is 64.2 Å². The SMILES string of the molecule is Cn1nc(C(=O)NCCc2cn3ccccc3n2)c2c1CCCC2. The summed E-state index contributed by atoms with van der Waals surface area (Å²) >= 11 is 0. The molecular weight excluding hydrogens is 302 g/mol. The molecule has 124 valence electrons. The lowest BCUT2D eigenvalue weighted by Crippen LogP contribution is -2.27. The molecule has 3 aromatic rings. The van der Waals surface area contributed by atoms with Crippen molar-refractivity contribution in [2.24, 2.45) is 7.05 Å². The van der Waals surface area contributed by atoms with Gasteiger partial charge in [0, 0.05) is 43.7 Å². The highest BCUT2D eigenvalue weighted by molar-refractivity contribution is 5.94. The molecule has 6 nitrogen and oxygen atoms in total. The second-order valence-corrected chi connectivity index (χ2v) is 6.31. The largest absolute Gasteiger partial charge is 0.350 e. The summed E-state index contributed by atoms with van der Waals surface area (Å²) in [4.78, 5) is 17.0. The van der Waals surface area contributed by atoms with Gasteiger partial charge in [0.15, 0.2) is 5.69 Å². The van der Waals surface area contributed by atoms with E-state index in [0.717, 1.165) is 36.2 Å². The van der Waals surface area contributed by atoms with Gasteiger partial charge in [-0.3, -0.25) is 9.48 Å². The first kappa shape index (κ1) is 14.9. The molecule has 0 radical (unpaired) electrons. The highest BCUT2D eigenvalue weighted by Gasteiger charge is 2.23. The predicted molar refractivity (Wildman–Crippen MR) is 91.1 cm³/mol. The van der Waals surface area contributed by atoms with Crippen LogP contribution in [0.5, 0.6) is 0 Å². The zero-order valence-corrected chi connectivity index (χ0v) is 13.8. The maximum atomic E-state index is 12.5. The molecule has 0 bridgehead atoms. The van der Waals surface area contributed by atoms with E-state index in [0.29, 0.717) is 18.7 Å². The van der Waals surface area contributed by atoms with Crippen molar-refractivity contribution < 1.29 is 4.79 Å². The van der Waals surface area contributed by atoms with E-state index in [9.17, 15) is 4.79 Å². The van der Waals surface area contributed by atoms with Gasteiger partial charge < -0.3 is 9.72 Å². The molecule has 0 saturated heterocycles. The Balaban J connectivity index is 1.42. The lowest BCUT2D eigenvalue weighted by atomic mass is 9.95. The number of pyridine rings is 1. The summed E-state index contributed by atoms with van der Waals surface area (Å²) in [6, 6.07) is 5.92. The molecule has 6 heteroatoms. The number of carbonyl (C=O) groups is 1. The maximum absolute atomic E-state index is 12.5. The monoisotopic (exact) mass is 323 g/mol. The van der Waals surface area contributed by atoms with Crippen molar-refractivity contribution in [2.75, 3.05) is 6.54 Å². The zero-order valence-electron chi connectivity index (χ0n) is 13.8. The Morgan fingerprint density at radius 3 is 3.04 bits per heavy atom. The third-order valence-electron chi connectivity index (χ3n) is 4.66. The molecule has 3 heterocycles. The molecular formula is C18H21N5O. The van der Waals surface area contributed by atoms with Crippen LogP contribution in [0.2, 0.25) is 0 Å². The van der Waals surface area contributed by atoms with Gasteiger partial charge in [0.25, 0.3) is 5.91 Å². The second kappa shape index (κ2) is 6.11. The lowest BCUT2D eigenvalue weighted by molar-refractivity contribution is 0.0947. The number of carbonyl (C=O) groups excluding carboxylic acids is 1. The molecule has 1 aliphatic carbocycles. The highest BCUT2D eigenvalue weighted by atomic mass is 16.1. The van der Waals surface area contributed by atoms with Crippen LogP contribution in [-0.4, -0.2) is 31.6 Å². The van der Waals surface area contributed by atoms with E-state index in [1.807, 2.05) is 46.7 Å². The van der Waals surface area contributed by atoms with Crippen LogP contribution in [0.1, 0.15) is 40.3 Å². The van der Waals surface area contributed by atoms with Crippen molar-refractivity contribution in [2.45, 2.75) is 32.1 Å². The number of aromatic nitrogens is 4. The van der Waals surface area contributed by atoms with Crippen LogP contribution in [0.4, 0.5) is 0 Å². The van der Waals surface area contributed by atoms with E-state index in [2.05, 4.69) is 15.4 Å². The number of hydrogen-bond acceptors (Lipinski definition) is 3. The maximum Gasteiger partial charge on any atom is 0.272 e. The van der Waals surface area contributed by atoms with Crippen molar-refractivity contribution in [3.63, 3.8) is 0 Å². The van der Waals surface area contributed by atoms with Gasteiger partial charge in [-0.25, -0.2) is 4.98 Å². The number of rotatable bonds is 4. The first-order valence-electron chi connectivity index (χ1n) is 8.48. The normalized spacial score (nSPS) is 13.9. The van der Waals surface area contributed by atoms with Crippen molar-refractivity contribution in [1.82, 2.24) is 24.5 Å². The third kappa shape index (κ3) is 2.68. The Morgan fingerprint density at radius 1 is 1.29 bits per heavy atom. The first-order valence-corrected chi connectivity index (χ1v) is 8.48. The van der Waals surface area contributed by atoms with Gasteiger partial charge in [0.1, 0.15) is 5.65 Å². The summed E-state index contributed by atoms with van der Waals surface area (Å²) in [6.07, 6.45) is 8.99. The van der Waals surface area contributed by atoms with Crippen LogP contribution >= 0.6 is 0 Å². The fourth-order valence-corrected chi connectivity index (χ4v) is 3.45. The Morgan fingerprint density at radius 2 is 2.17 bits per heavy atom. The number of amides is 1. The first-order chi connectivity index (χ1) is 11.7. The molecule has 0 fully saturated rings. The summed E-state index contributed by atoms with van der Waals surface area (Å²) in [5, 5.41) is 7.43. The number of fused-ring (bicyclic) bond motifs is 2. The lowest BCUT2D eigenvalue weighted by Gasteiger charge is -2.12. The van der Waals surface area contributed by atoms with Gasteiger partial charge in [-0.2, -0.15) is 5.10 Å². The molecule has 24 heavy (non-hydrogen) atoms. The fourth-order valence-electron chi connectivity index (χ4n) is 3.45. The molecule has 3 aromatic heterocycles. The minimum atomic E-state index is -0.0717. The van der Waals surface area contributed by atoms with Crippen molar-refractivity contribution in [3.8, 4) is 0 Å². The molecule has 4 rings (SSSR count). The number of aryl methyl sites for hydroxylation is 1. The molecule has 0 aliphatic heterocycles. The van der Waals surface area contributed by atoms with E-state index < -0.39 is 0 Å². The molecule has 0 aromatic carbocycles. The van der Waals surface area contributed by atoms with Crippen LogP contribution in [0, 0.1) is 0 Å². The second-order valence-electron chi connectivity index (χ2n) is 6.31. The number of nitrogens with one attached hydrogen (secondary N) is 1. The minimum Gasteiger partial charge on any atom is -0.350 e. The van der Waals surface area contributed by atoms with Crippen molar-refractivity contribution in [1.29, 1.82) is 0 Å². The summed E-state index contributed by atoms with van der Waals surface area (Å²) in [6.45, 7) is 0.564. The number of nitrogens with zero attached hydrogens (tertiary/aromatic N) is 4. The standard InChI is InChI=1S/C18H21N5O/c1-22-15-7-3-2-6-14(15)17(21-22)18(24)19-10-9-13-12-23-11-5-4-8-16(23)20-13/h4-5,8,11-12H,2-3,6-7,9-10H2,1H3,(H,19,24). The van der Waals surface area contributed by atoms with E-state index in [1.54, 1.807) is 0 Å². The van der Waals surface area contributed by atoms with Crippen LogP contribution < -0.4 is 5.32 Å². The van der Waals surface area contributed by atoms with Gasteiger partial charge >= 0.3 is 0 Å². The average molecular weight is 323 g/mol. The molecule has 0 saturated carbocycles. The van der Waals surface area contributed by atoms with Gasteiger partial charge in [0.2, 0.25) is 0 Å².